The first-order chi connectivity index (χ1) is 9.55. The van der Waals surface area contributed by atoms with Gasteiger partial charge in [0.1, 0.15) is 5.75 Å². The molecule has 0 spiro atoms. The van der Waals surface area contributed by atoms with Gasteiger partial charge in [-0.15, -0.1) is 5.10 Å². The average molecular weight is 275 g/mol. The first-order valence-electron chi connectivity index (χ1n) is 6.78. The average Bonchev–Trinajstić information content (AvgIpc) is 2.96. The molecule has 0 radical (unpaired) electrons. The van der Waals surface area contributed by atoms with Crippen LogP contribution in [0.5, 0.6) is 5.75 Å². The van der Waals surface area contributed by atoms with Crippen molar-refractivity contribution in [2.45, 2.75) is 39.2 Å². The Hall–Kier alpha value is -2.11. The molecule has 108 valence electrons. The van der Waals surface area contributed by atoms with E-state index < -0.39 is 0 Å². The number of ether oxygens (including phenoxy) is 1. The third-order valence-electron chi connectivity index (χ3n) is 3.97. The Morgan fingerprint density at radius 2 is 2.00 bits per heavy atom. The summed E-state index contributed by atoms with van der Waals surface area (Å²) >= 11 is 0. The normalized spacial score (nSPS) is 11.6. The van der Waals surface area contributed by atoms with E-state index in [-0.39, 0.29) is 5.54 Å². The molecule has 0 saturated heterocycles. The van der Waals surface area contributed by atoms with Crippen molar-refractivity contribution in [2.24, 2.45) is 0 Å². The van der Waals surface area contributed by atoms with E-state index in [9.17, 15) is 0 Å². The van der Waals surface area contributed by atoms with Gasteiger partial charge in [0.25, 0.3) is 0 Å². The van der Waals surface area contributed by atoms with E-state index in [2.05, 4.69) is 36.3 Å². The van der Waals surface area contributed by atoms with Crippen molar-refractivity contribution in [1.29, 1.82) is 0 Å². The SMILES string of the molecule is CCC(C)(CC)n1nnnc1-c1ccc(N)cc1OC. The van der Waals surface area contributed by atoms with Crippen LogP contribution in [0.1, 0.15) is 33.6 Å². The minimum Gasteiger partial charge on any atom is -0.496 e. The van der Waals surface area contributed by atoms with Crippen LogP contribution in [0.4, 0.5) is 5.69 Å². The summed E-state index contributed by atoms with van der Waals surface area (Å²) in [5.74, 6) is 1.38. The number of aromatic nitrogens is 4. The van der Waals surface area contributed by atoms with E-state index in [1.165, 1.54) is 0 Å². The molecule has 20 heavy (non-hydrogen) atoms. The largest absolute Gasteiger partial charge is 0.496 e. The van der Waals surface area contributed by atoms with Crippen LogP contribution in [-0.4, -0.2) is 27.3 Å². The molecular formula is C14H21N5O. The summed E-state index contributed by atoms with van der Waals surface area (Å²) in [7, 11) is 1.62. The number of methoxy groups -OCH3 is 1. The number of hydrogen-bond acceptors (Lipinski definition) is 5. The summed E-state index contributed by atoms with van der Waals surface area (Å²) < 4.78 is 7.27. The number of hydrogen-bond donors (Lipinski definition) is 1. The molecule has 0 fully saturated rings. The lowest BCUT2D eigenvalue weighted by atomic mass is 9.95. The monoisotopic (exact) mass is 275 g/mol. The molecule has 0 aliphatic rings. The highest BCUT2D eigenvalue weighted by Gasteiger charge is 2.28. The Kier molecular flexibility index (Phi) is 3.92. The van der Waals surface area contributed by atoms with Crippen molar-refractivity contribution in [3.8, 4) is 17.1 Å². The molecule has 0 amide bonds. The molecule has 0 bridgehead atoms. The lowest BCUT2D eigenvalue weighted by Gasteiger charge is -2.27. The van der Waals surface area contributed by atoms with Gasteiger partial charge in [-0.1, -0.05) is 13.8 Å². The lowest BCUT2D eigenvalue weighted by molar-refractivity contribution is 0.262. The van der Waals surface area contributed by atoms with Crippen LogP contribution in [0.3, 0.4) is 0 Å². The molecule has 6 nitrogen and oxygen atoms in total. The smallest absolute Gasteiger partial charge is 0.186 e. The van der Waals surface area contributed by atoms with E-state index in [4.69, 9.17) is 10.5 Å². The Labute approximate surface area is 118 Å². The molecule has 2 rings (SSSR count). The van der Waals surface area contributed by atoms with Gasteiger partial charge in [-0.25, -0.2) is 4.68 Å². The maximum absolute atomic E-state index is 5.79. The van der Waals surface area contributed by atoms with Crippen LogP contribution >= 0.6 is 0 Å². The maximum Gasteiger partial charge on any atom is 0.186 e. The molecule has 0 saturated carbocycles. The molecule has 1 aromatic heterocycles. The summed E-state index contributed by atoms with van der Waals surface area (Å²) in [5, 5.41) is 12.2. The summed E-state index contributed by atoms with van der Waals surface area (Å²) in [6, 6.07) is 5.50. The third-order valence-corrected chi connectivity index (χ3v) is 3.97. The Bertz CT molecular complexity index is 589. The van der Waals surface area contributed by atoms with Gasteiger partial charge in [-0.05, 0) is 42.3 Å². The zero-order chi connectivity index (χ0) is 14.8. The van der Waals surface area contributed by atoms with Gasteiger partial charge in [-0.2, -0.15) is 0 Å². The van der Waals surface area contributed by atoms with Crippen LogP contribution in [-0.2, 0) is 5.54 Å². The number of nitrogens with two attached hydrogens (primary N) is 1. The quantitative estimate of drug-likeness (QED) is 0.848. The molecule has 0 aliphatic carbocycles. The summed E-state index contributed by atoms with van der Waals surface area (Å²) in [4.78, 5) is 0. The minimum atomic E-state index is -0.120. The predicted molar refractivity (Wildman–Crippen MR) is 78.4 cm³/mol. The molecule has 6 heteroatoms. The molecular weight excluding hydrogens is 254 g/mol. The standard InChI is InChI=1S/C14H21N5O/c1-5-14(3,6-2)19-13(16-17-18-19)11-8-7-10(15)9-12(11)20-4/h7-9H,5-6,15H2,1-4H3. The van der Waals surface area contributed by atoms with Gasteiger partial charge in [0.05, 0.1) is 18.2 Å². The van der Waals surface area contributed by atoms with Gasteiger partial charge >= 0.3 is 0 Å². The fourth-order valence-electron chi connectivity index (χ4n) is 2.16. The summed E-state index contributed by atoms with van der Waals surface area (Å²) in [6.07, 6.45) is 1.89. The Morgan fingerprint density at radius 3 is 2.60 bits per heavy atom. The van der Waals surface area contributed by atoms with E-state index >= 15 is 0 Å². The van der Waals surface area contributed by atoms with E-state index in [1.807, 2.05) is 16.8 Å². The van der Waals surface area contributed by atoms with Crippen LogP contribution in [0, 0.1) is 0 Å². The number of rotatable bonds is 5. The van der Waals surface area contributed by atoms with E-state index in [0.717, 1.165) is 18.4 Å². The van der Waals surface area contributed by atoms with E-state index in [1.54, 1.807) is 13.2 Å². The fraction of sp³-hybridized carbons (Fsp3) is 0.500. The second kappa shape index (κ2) is 5.48. The van der Waals surface area contributed by atoms with Crippen LogP contribution < -0.4 is 10.5 Å². The van der Waals surface area contributed by atoms with Gasteiger partial charge in [0.2, 0.25) is 0 Å². The van der Waals surface area contributed by atoms with Gasteiger partial charge in [-0.3, -0.25) is 0 Å². The first-order valence-corrected chi connectivity index (χ1v) is 6.78. The highest BCUT2D eigenvalue weighted by Crippen LogP contribution is 2.34. The number of nitrogen functional groups attached to an aromatic ring is 1. The zero-order valence-electron chi connectivity index (χ0n) is 12.4. The van der Waals surface area contributed by atoms with Crippen molar-refractivity contribution in [3.63, 3.8) is 0 Å². The predicted octanol–water partition coefficient (Wildman–Crippen LogP) is 2.47. The number of nitrogens with zero attached hydrogens (tertiary/aromatic N) is 4. The lowest BCUT2D eigenvalue weighted by Crippen LogP contribution is -2.30. The molecule has 2 N–H and O–H groups in total. The van der Waals surface area contributed by atoms with Crippen LogP contribution in [0.15, 0.2) is 18.2 Å². The van der Waals surface area contributed by atoms with Gasteiger partial charge in [0.15, 0.2) is 5.82 Å². The van der Waals surface area contributed by atoms with Crippen molar-refractivity contribution in [2.75, 3.05) is 12.8 Å². The molecule has 0 unspecified atom stereocenters. The highest BCUT2D eigenvalue weighted by atomic mass is 16.5. The topological polar surface area (TPSA) is 78.9 Å². The first kappa shape index (κ1) is 14.3. The maximum atomic E-state index is 5.79. The van der Waals surface area contributed by atoms with Crippen molar-refractivity contribution >= 4 is 5.69 Å². The highest BCUT2D eigenvalue weighted by molar-refractivity contribution is 5.67. The summed E-state index contributed by atoms with van der Waals surface area (Å²) in [5.41, 5.74) is 7.17. The zero-order valence-corrected chi connectivity index (χ0v) is 12.4. The molecule has 1 aromatic carbocycles. The minimum absolute atomic E-state index is 0.120. The van der Waals surface area contributed by atoms with Crippen molar-refractivity contribution < 1.29 is 4.74 Å². The van der Waals surface area contributed by atoms with Crippen molar-refractivity contribution in [3.05, 3.63) is 18.2 Å². The number of benzene rings is 1. The molecule has 0 atom stereocenters. The molecule has 0 aliphatic heterocycles. The molecule has 2 aromatic rings. The number of tetrazole rings is 1. The van der Waals surface area contributed by atoms with Crippen LogP contribution in [0.25, 0.3) is 11.4 Å². The Morgan fingerprint density at radius 1 is 1.30 bits per heavy atom. The van der Waals surface area contributed by atoms with Gasteiger partial charge < -0.3 is 10.5 Å². The van der Waals surface area contributed by atoms with Crippen LogP contribution in [0.2, 0.25) is 0 Å². The molecule has 1 heterocycles. The van der Waals surface area contributed by atoms with Gasteiger partial charge in [0, 0.05) is 11.8 Å². The van der Waals surface area contributed by atoms with E-state index in [0.29, 0.717) is 17.3 Å². The van der Waals surface area contributed by atoms with Crippen molar-refractivity contribution in [1.82, 2.24) is 20.2 Å². The fourth-order valence-corrected chi connectivity index (χ4v) is 2.16. The number of anilines is 1. The second-order valence-corrected chi connectivity index (χ2v) is 5.08. The second-order valence-electron chi connectivity index (χ2n) is 5.08. The summed E-state index contributed by atoms with van der Waals surface area (Å²) in [6.45, 7) is 6.42. The Balaban J connectivity index is 2.58. The third kappa shape index (κ3) is 2.33.